The van der Waals surface area contributed by atoms with E-state index in [2.05, 4.69) is 26.2 Å². The molecule has 4 nitrogen and oxygen atoms in total. The first-order chi connectivity index (χ1) is 8.56. The summed E-state index contributed by atoms with van der Waals surface area (Å²) in [7, 11) is 0. The number of pyridine rings is 1. The van der Waals surface area contributed by atoms with Gasteiger partial charge in [-0.15, -0.1) is 0 Å². The van der Waals surface area contributed by atoms with Crippen LogP contribution in [0.1, 0.15) is 10.4 Å². The average Bonchev–Trinajstić information content (AvgIpc) is 2.32. The van der Waals surface area contributed by atoms with Gasteiger partial charge >= 0.3 is 0 Å². The van der Waals surface area contributed by atoms with E-state index < -0.39 is 11.7 Å². The molecule has 1 amide bonds. The van der Waals surface area contributed by atoms with Gasteiger partial charge in [0.15, 0.2) is 0 Å². The third-order valence-electron chi connectivity index (χ3n) is 2.22. The molecule has 0 fully saturated rings. The maximum atomic E-state index is 13.5. The number of carbonyl (C=O) groups is 1. The molecule has 0 saturated heterocycles. The lowest BCUT2D eigenvalue weighted by molar-refractivity contribution is 0.102. The highest BCUT2D eigenvalue weighted by atomic mass is 79.9. The molecule has 18 heavy (non-hydrogen) atoms. The van der Waals surface area contributed by atoms with Gasteiger partial charge in [-0.2, -0.15) is 0 Å². The molecule has 0 bridgehead atoms. The predicted octanol–water partition coefficient (Wildman–Crippen LogP) is 2.53. The summed E-state index contributed by atoms with van der Waals surface area (Å²) in [6.07, 6.45) is 1.36. The van der Waals surface area contributed by atoms with E-state index in [-0.39, 0.29) is 16.8 Å². The Hall–Kier alpha value is -1.95. The standard InChI is InChI=1S/C12H8BrFN2O2/c13-8-1-2-10(9(14)6-8)16-12(18)7-3-4-15-11(17)5-7/h1-6H,(H,15,17)(H,16,18). The molecule has 0 aliphatic carbocycles. The highest BCUT2D eigenvalue weighted by Gasteiger charge is 2.09. The summed E-state index contributed by atoms with van der Waals surface area (Å²) in [5.41, 5.74) is -0.163. The molecule has 0 saturated carbocycles. The highest BCUT2D eigenvalue weighted by molar-refractivity contribution is 9.10. The summed E-state index contributed by atoms with van der Waals surface area (Å²) in [4.78, 5) is 25.2. The van der Waals surface area contributed by atoms with Crippen LogP contribution in [-0.2, 0) is 0 Å². The number of benzene rings is 1. The molecule has 6 heteroatoms. The van der Waals surface area contributed by atoms with Crippen molar-refractivity contribution in [2.24, 2.45) is 0 Å². The number of aromatic nitrogens is 1. The van der Waals surface area contributed by atoms with Crippen LogP contribution < -0.4 is 10.9 Å². The van der Waals surface area contributed by atoms with Gasteiger partial charge in [-0.25, -0.2) is 4.39 Å². The van der Waals surface area contributed by atoms with Crippen LogP contribution in [0.4, 0.5) is 10.1 Å². The van der Waals surface area contributed by atoms with Crippen molar-refractivity contribution in [2.75, 3.05) is 5.32 Å². The number of hydrogen-bond acceptors (Lipinski definition) is 2. The van der Waals surface area contributed by atoms with Gasteiger partial charge in [-0.3, -0.25) is 9.59 Å². The van der Waals surface area contributed by atoms with Gasteiger partial charge in [-0.1, -0.05) is 15.9 Å². The van der Waals surface area contributed by atoms with E-state index in [9.17, 15) is 14.0 Å². The molecule has 0 atom stereocenters. The molecule has 0 aliphatic heterocycles. The van der Waals surface area contributed by atoms with Crippen LogP contribution in [-0.4, -0.2) is 10.9 Å². The molecular weight excluding hydrogens is 303 g/mol. The second-order valence-electron chi connectivity index (χ2n) is 3.52. The zero-order chi connectivity index (χ0) is 13.1. The molecule has 0 radical (unpaired) electrons. The van der Waals surface area contributed by atoms with Crippen LogP contribution in [0.15, 0.2) is 45.8 Å². The molecule has 1 aromatic heterocycles. The van der Waals surface area contributed by atoms with Crippen molar-refractivity contribution in [2.45, 2.75) is 0 Å². The van der Waals surface area contributed by atoms with E-state index in [1.54, 1.807) is 6.07 Å². The van der Waals surface area contributed by atoms with E-state index in [0.29, 0.717) is 4.47 Å². The Bertz CT molecular complexity index is 655. The lowest BCUT2D eigenvalue weighted by atomic mass is 10.2. The zero-order valence-corrected chi connectivity index (χ0v) is 10.6. The molecule has 1 heterocycles. The minimum Gasteiger partial charge on any atom is -0.329 e. The third-order valence-corrected chi connectivity index (χ3v) is 2.71. The number of aromatic amines is 1. The van der Waals surface area contributed by atoms with Gasteiger partial charge in [0.1, 0.15) is 5.82 Å². The zero-order valence-electron chi connectivity index (χ0n) is 9.04. The lowest BCUT2D eigenvalue weighted by Crippen LogP contribution is -2.16. The van der Waals surface area contributed by atoms with Crippen LogP contribution in [0.2, 0.25) is 0 Å². The van der Waals surface area contributed by atoms with E-state index >= 15 is 0 Å². The summed E-state index contributed by atoms with van der Waals surface area (Å²) in [5.74, 6) is -1.09. The Balaban J connectivity index is 2.24. The van der Waals surface area contributed by atoms with E-state index in [1.807, 2.05) is 0 Å². The highest BCUT2D eigenvalue weighted by Crippen LogP contribution is 2.19. The number of halogens is 2. The molecule has 0 spiro atoms. The summed E-state index contributed by atoms with van der Waals surface area (Å²) in [6, 6.07) is 6.87. The monoisotopic (exact) mass is 310 g/mol. The number of nitrogens with one attached hydrogen (secondary N) is 2. The molecule has 2 rings (SSSR count). The normalized spacial score (nSPS) is 10.1. The van der Waals surface area contributed by atoms with Gasteiger partial charge in [0.25, 0.3) is 5.91 Å². The van der Waals surface area contributed by atoms with Gasteiger partial charge < -0.3 is 10.3 Å². The fourth-order valence-electron chi connectivity index (χ4n) is 1.37. The fourth-order valence-corrected chi connectivity index (χ4v) is 1.70. The van der Waals surface area contributed by atoms with Crippen LogP contribution in [0.25, 0.3) is 0 Å². The van der Waals surface area contributed by atoms with Crippen molar-refractivity contribution in [3.63, 3.8) is 0 Å². The average molecular weight is 311 g/mol. The number of H-pyrrole nitrogens is 1. The minimum absolute atomic E-state index is 0.0588. The first-order valence-corrected chi connectivity index (χ1v) is 5.81. The van der Waals surface area contributed by atoms with Crippen molar-refractivity contribution in [3.05, 3.63) is 62.7 Å². The molecular formula is C12H8BrFN2O2. The van der Waals surface area contributed by atoms with Gasteiger partial charge in [0.2, 0.25) is 5.56 Å². The second kappa shape index (κ2) is 5.14. The topological polar surface area (TPSA) is 62.0 Å². The summed E-state index contributed by atoms with van der Waals surface area (Å²) in [5, 5.41) is 2.39. The van der Waals surface area contributed by atoms with Crippen molar-refractivity contribution in [1.82, 2.24) is 4.98 Å². The Kier molecular flexibility index (Phi) is 3.57. The van der Waals surface area contributed by atoms with Crippen LogP contribution in [0.5, 0.6) is 0 Å². The molecule has 2 N–H and O–H groups in total. The Labute approximate surface area is 110 Å². The van der Waals surface area contributed by atoms with Crippen molar-refractivity contribution in [1.29, 1.82) is 0 Å². The van der Waals surface area contributed by atoms with E-state index in [4.69, 9.17) is 0 Å². The van der Waals surface area contributed by atoms with Crippen molar-refractivity contribution in [3.8, 4) is 0 Å². The molecule has 2 aromatic rings. The summed E-state index contributed by atoms with van der Waals surface area (Å²) < 4.78 is 14.1. The second-order valence-corrected chi connectivity index (χ2v) is 4.44. The molecule has 1 aromatic carbocycles. The van der Waals surface area contributed by atoms with Gasteiger partial charge in [0.05, 0.1) is 5.69 Å². The Morgan fingerprint density at radius 3 is 2.72 bits per heavy atom. The molecule has 92 valence electrons. The van der Waals surface area contributed by atoms with Crippen molar-refractivity contribution >= 4 is 27.5 Å². The number of hydrogen-bond donors (Lipinski definition) is 2. The fraction of sp³-hybridized carbons (Fsp3) is 0. The van der Waals surface area contributed by atoms with E-state index in [0.717, 1.165) is 6.07 Å². The Morgan fingerprint density at radius 1 is 1.28 bits per heavy atom. The van der Waals surface area contributed by atoms with Crippen LogP contribution in [0, 0.1) is 5.82 Å². The largest absolute Gasteiger partial charge is 0.329 e. The maximum absolute atomic E-state index is 13.5. The van der Waals surface area contributed by atoms with Gasteiger partial charge in [-0.05, 0) is 24.3 Å². The number of carbonyl (C=O) groups excluding carboxylic acids is 1. The summed E-state index contributed by atoms with van der Waals surface area (Å²) >= 11 is 3.12. The third kappa shape index (κ3) is 2.84. The molecule has 0 aliphatic rings. The van der Waals surface area contributed by atoms with Crippen molar-refractivity contribution < 1.29 is 9.18 Å². The quantitative estimate of drug-likeness (QED) is 0.895. The maximum Gasteiger partial charge on any atom is 0.255 e. The first-order valence-electron chi connectivity index (χ1n) is 5.01. The van der Waals surface area contributed by atoms with E-state index in [1.165, 1.54) is 24.4 Å². The first kappa shape index (κ1) is 12.5. The number of anilines is 1. The lowest BCUT2D eigenvalue weighted by Gasteiger charge is -2.06. The minimum atomic E-state index is -0.553. The van der Waals surface area contributed by atoms with Crippen LogP contribution >= 0.6 is 15.9 Å². The number of rotatable bonds is 2. The predicted molar refractivity (Wildman–Crippen MR) is 69.1 cm³/mol. The summed E-state index contributed by atoms with van der Waals surface area (Å²) in [6.45, 7) is 0. The molecule has 0 unspecified atom stereocenters. The Morgan fingerprint density at radius 2 is 2.06 bits per heavy atom. The van der Waals surface area contributed by atoms with Gasteiger partial charge in [0, 0.05) is 22.3 Å². The number of amides is 1. The smallest absolute Gasteiger partial charge is 0.255 e. The van der Waals surface area contributed by atoms with Crippen LogP contribution in [0.3, 0.4) is 0 Å². The SMILES string of the molecule is O=C(Nc1ccc(Br)cc1F)c1cc[nH]c(=O)c1.